The number of nitrogens with one attached hydrogen (secondary N) is 1. The van der Waals surface area contributed by atoms with Crippen molar-refractivity contribution in [2.24, 2.45) is 0 Å². The zero-order valence-corrected chi connectivity index (χ0v) is 16.3. The molecule has 0 bridgehead atoms. The summed E-state index contributed by atoms with van der Waals surface area (Å²) in [5, 5.41) is 3.25. The third kappa shape index (κ3) is 6.04. The molecule has 2 aromatic rings. The number of amides is 1. The molecule has 7 heteroatoms. The van der Waals surface area contributed by atoms with Crippen molar-refractivity contribution < 1.29 is 17.9 Å². The van der Waals surface area contributed by atoms with Gasteiger partial charge < -0.3 is 10.1 Å². The number of ether oxygens (including phenoxy) is 1. The van der Waals surface area contributed by atoms with Crippen LogP contribution in [0.5, 0.6) is 5.75 Å². The van der Waals surface area contributed by atoms with Gasteiger partial charge in [-0.2, -0.15) is 0 Å². The number of rotatable bonds is 8. The lowest BCUT2D eigenvalue weighted by atomic mass is 10.1. The number of halogens is 1. The fraction of sp³-hybridized carbons (Fsp3) is 0.316. The highest BCUT2D eigenvalue weighted by atomic mass is 35.5. The van der Waals surface area contributed by atoms with Crippen molar-refractivity contribution in [2.45, 2.75) is 25.1 Å². The second-order valence-electron chi connectivity index (χ2n) is 6.00. The van der Waals surface area contributed by atoms with Crippen LogP contribution in [0.3, 0.4) is 0 Å². The van der Waals surface area contributed by atoms with E-state index in [-0.39, 0.29) is 29.9 Å². The SMILES string of the molecule is COc1ccc(Cl)cc1CS(=O)(=O)CCC(=O)NC(C)c1ccccc1. The van der Waals surface area contributed by atoms with E-state index in [0.29, 0.717) is 16.3 Å². The number of hydrogen-bond donors (Lipinski definition) is 1. The van der Waals surface area contributed by atoms with E-state index in [0.717, 1.165) is 5.56 Å². The van der Waals surface area contributed by atoms with Crippen LogP contribution >= 0.6 is 11.6 Å². The maximum Gasteiger partial charge on any atom is 0.221 e. The summed E-state index contributed by atoms with van der Waals surface area (Å²) in [5.41, 5.74) is 1.45. The summed E-state index contributed by atoms with van der Waals surface area (Å²) in [6.45, 7) is 1.86. The van der Waals surface area contributed by atoms with Gasteiger partial charge in [-0.25, -0.2) is 8.42 Å². The van der Waals surface area contributed by atoms with Crippen molar-refractivity contribution in [1.82, 2.24) is 5.32 Å². The average molecular weight is 396 g/mol. The molecule has 0 saturated carbocycles. The number of carbonyl (C=O) groups is 1. The second kappa shape index (κ2) is 9.05. The first kappa shape index (κ1) is 20.3. The maximum atomic E-state index is 12.4. The van der Waals surface area contributed by atoms with Crippen molar-refractivity contribution in [3.05, 3.63) is 64.7 Å². The largest absolute Gasteiger partial charge is 0.496 e. The molecule has 1 unspecified atom stereocenters. The van der Waals surface area contributed by atoms with Crippen LogP contribution in [0.15, 0.2) is 48.5 Å². The van der Waals surface area contributed by atoms with Gasteiger partial charge >= 0.3 is 0 Å². The molecule has 0 aliphatic rings. The van der Waals surface area contributed by atoms with Crippen molar-refractivity contribution in [2.75, 3.05) is 12.9 Å². The van der Waals surface area contributed by atoms with Gasteiger partial charge in [0.05, 0.1) is 24.7 Å². The Morgan fingerprint density at radius 3 is 2.54 bits per heavy atom. The average Bonchev–Trinajstić information content (AvgIpc) is 2.61. The monoisotopic (exact) mass is 395 g/mol. The zero-order chi connectivity index (χ0) is 19.2. The summed E-state index contributed by atoms with van der Waals surface area (Å²) >= 11 is 5.93. The number of hydrogen-bond acceptors (Lipinski definition) is 4. The van der Waals surface area contributed by atoms with Gasteiger partial charge in [0.2, 0.25) is 5.91 Å². The quantitative estimate of drug-likeness (QED) is 0.742. The molecule has 0 aliphatic carbocycles. The lowest BCUT2D eigenvalue weighted by Crippen LogP contribution is -2.28. The standard InChI is InChI=1S/C19H22ClNO4S/c1-14(15-6-4-3-5-7-15)21-19(22)10-11-26(23,24)13-16-12-17(20)8-9-18(16)25-2/h3-9,12,14H,10-11,13H2,1-2H3,(H,21,22). The Balaban J connectivity index is 1.93. The highest BCUT2D eigenvalue weighted by Gasteiger charge is 2.18. The predicted octanol–water partition coefficient (Wildman–Crippen LogP) is 3.53. The Kier molecular flexibility index (Phi) is 7.06. The van der Waals surface area contributed by atoms with Gasteiger partial charge in [-0.3, -0.25) is 4.79 Å². The molecule has 140 valence electrons. The van der Waals surface area contributed by atoms with Crippen LogP contribution in [-0.4, -0.2) is 27.2 Å². The van der Waals surface area contributed by atoms with E-state index < -0.39 is 9.84 Å². The van der Waals surface area contributed by atoms with Crippen molar-refractivity contribution in [3.63, 3.8) is 0 Å². The summed E-state index contributed by atoms with van der Waals surface area (Å²) < 4.78 is 29.9. The van der Waals surface area contributed by atoms with Gasteiger partial charge in [-0.05, 0) is 30.7 Å². The number of methoxy groups -OCH3 is 1. The molecule has 0 radical (unpaired) electrons. The Bertz CT molecular complexity index is 853. The molecular weight excluding hydrogens is 374 g/mol. The first-order chi connectivity index (χ1) is 12.3. The fourth-order valence-electron chi connectivity index (χ4n) is 2.56. The van der Waals surface area contributed by atoms with Gasteiger partial charge in [0.15, 0.2) is 9.84 Å². The van der Waals surface area contributed by atoms with Crippen LogP contribution < -0.4 is 10.1 Å². The topological polar surface area (TPSA) is 72.5 Å². The first-order valence-corrected chi connectivity index (χ1v) is 10.4. The van der Waals surface area contributed by atoms with Crippen molar-refractivity contribution in [3.8, 4) is 5.75 Å². The van der Waals surface area contributed by atoms with E-state index in [1.165, 1.54) is 7.11 Å². The third-order valence-electron chi connectivity index (χ3n) is 3.94. The lowest BCUT2D eigenvalue weighted by molar-refractivity contribution is -0.121. The zero-order valence-electron chi connectivity index (χ0n) is 14.7. The minimum Gasteiger partial charge on any atom is -0.496 e. The van der Waals surface area contributed by atoms with Crippen LogP contribution in [-0.2, 0) is 20.4 Å². The molecular formula is C19H22ClNO4S. The molecule has 1 amide bonds. The fourth-order valence-corrected chi connectivity index (χ4v) is 4.09. The van der Waals surface area contributed by atoms with E-state index in [1.54, 1.807) is 18.2 Å². The Morgan fingerprint density at radius 1 is 1.19 bits per heavy atom. The molecule has 0 aliphatic heterocycles. The summed E-state index contributed by atoms with van der Waals surface area (Å²) in [6.07, 6.45) is -0.0949. The number of carbonyl (C=O) groups excluding carboxylic acids is 1. The minimum atomic E-state index is -3.48. The molecule has 26 heavy (non-hydrogen) atoms. The van der Waals surface area contributed by atoms with Gasteiger partial charge in [-0.1, -0.05) is 41.9 Å². The van der Waals surface area contributed by atoms with Crippen LogP contribution in [0.1, 0.15) is 30.5 Å². The Morgan fingerprint density at radius 2 is 1.88 bits per heavy atom. The molecule has 0 aromatic heterocycles. The number of benzene rings is 2. The van der Waals surface area contributed by atoms with E-state index in [2.05, 4.69) is 5.32 Å². The van der Waals surface area contributed by atoms with Gasteiger partial charge in [0.1, 0.15) is 5.75 Å². The highest BCUT2D eigenvalue weighted by Crippen LogP contribution is 2.25. The third-order valence-corrected chi connectivity index (χ3v) is 5.75. The van der Waals surface area contributed by atoms with E-state index in [1.807, 2.05) is 37.3 Å². The van der Waals surface area contributed by atoms with Gasteiger partial charge in [0, 0.05) is 17.0 Å². The van der Waals surface area contributed by atoms with E-state index in [9.17, 15) is 13.2 Å². The predicted molar refractivity (Wildman–Crippen MR) is 103 cm³/mol. The van der Waals surface area contributed by atoms with Gasteiger partial charge in [0.25, 0.3) is 0 Å². The molecule has 0 heterocycles. The molecule has 5 nitrogen and oxygen atoms in total. The van der Waals surface area contributed by atoms with Crippen LogP contribution in [0, 0.1) is 0 Å². The summed E-state index contributed by atoms with van der Waals surface area (Å²) in [5.74, 6) is -0.308. The molecule has 2 aromatic carbocycles. The first-order valence-electron chi connectivity index (χ1n) is 8.18. The molecule has 0 fully saturated rings. The van der Waals surface area contributed by atoms with Crippen molar-refractivity contribution in [1.29, 1.82) is 0 Å². The molecule has 1 atom stereocenters. The van der Waals surface area contributed by atoms with Gasteiger partial charge in [-0.15, -0.1) is 0 Å². The maximum absolute atomic E-state index is 12.4. The van der Waals surface area contributed by atoms with Crippen LogP contribution in [0.2, 0.25) is 5.02 Å². The highest BCUT2D eigenvalue weighted by molar-refractivity contribution is 7.90. The molecule has 0 saturated heterocycles. The van der Waals surface area contributed by atoms with E-state index in [4.69, 9.17) is 16.3 Å². The number of sulfone groups is 1. The summed E-state index contributed by atoms with van der Waals surface area (Å²) in [6, 6.07) is 14.1. The molecule has 2 rings (SSSR count). The lowest BCUT2D eigenvalue weighted by Gasteiger charge is -2.14. The van der Waals surface area contributed by atoms with Crippen molar-refractivity contribution >= 4 is 27.3 Å². The smallest absolute Gasteiger partial charge is 0.221 e. The minimum absolute atomic E-state index is 0.0949. The molecule has 0 spiro atoms. The van der Waals surface area contributed by atoms with Crippen LogP contribution in [0.25, 0.3) is 0 Å². The molecule has 1 N–H and O–H groups in total. The normalized spacial score (nSPS) is 12.4. The van der Waals surface area contributed by atoms with E-state index >= 15 is 0 Å². The Hall–Kier alpha value is -2.05. The summed E-state index contributed by atoms with van der Waals surface area (Å²) in [7, 11) is -2.01. The second-order valence-corrected chi connectivity index (χ2v) is 8.62. The van der Waals surface area contributed by atoms with Crippen LogP contribution in [0.4, 0.5) is 0 Å². The summed E-state index contributed by atoms with van der Waals surface area (Å²) in [4.78, 5) is 12.1. The Labute approximate surface area is 159 Å².